The van der Waals surface area contributed by atoms with E-state index in [0.717, 1.165) is 5.56 Å². The maximum absolute atomic E-state index is 12.7. The lowest BCUT2D eigenvalue weighted by atomic mass is 10.0. The predicted molar refractivity (Wildman–Crippen MR) is 106 cm³/mol. The molecule has 0 radical (unpaired) electrons. The average molecular weight is 392 g/mol. The molecule has 0 fully saturated rings. The molecule has 1 aromatic heterocycles. The normalized spacial score (nSPS) is 11.3. The highest BCUT2D eigenvalue weighted by atomic mass is 16.5. The largest absolute Gasteiger partial charge is 0.469 e. The maximum Gasteiger partial charge on any atom is 0.307 e. The molecule has 3 aromatic rings. The van der Waals surface area contributed by atoms with E-state index in [1.54, 1.807) is 36.4 Å². The molecule has 0 aliphatic rings. The van der Waals surface area contributed by atoms with E-state index in [0.29, 0.717) is 11.3 Å². The van der Waals surface area contributed by atoms with Crippen molar-refractivity contribution in [1.29, 1.82) is 0 Å². The molecule has 0 saturated carbocycles. The number of ether oxygens (including phenoxy) is 1. The van der Waals surface area contributed by atoms with Crippen LogP contribution in [0.25, 0.3) is 0 Å². The molecule has 0 saturated heterocycles. The van der Waals surface area contributed by atoms with Crippen molar-refractivity contribution in [2.75, 3.05) is 12.4 Å². The van der Waals surface area contributed by atoms with Crippen molar-refractivity contribution in [1.82, 2.24) is 5.32 Å². The number of amides is 2. The number of carbonyl (C=O) groups is 3. The van der Waals surface area contributed by atoms with Gasteiger partial charge < -0.3 is 19.8 Å². The predicted octanol–water partition coefficient (Wildman–Crippen LogP) is 3.57. The Hall–Kier alpha value is -3.87. The van der Waals surface area contributed by atoms with Gasteiger partial charge in [0.2, 0.25) is 0 Å². The lowest BCUT2D eigenvalue weighted by Gasteiger charge is -2.18. The van der Waals surface area contributed by atoms with E-state index in [1.807, 2.05) is 30.3 Å². The summed E-state index contributed by atoms with van der Waals surface area (Å²) in [7, 11) is 1.31. The molecule has 2 amide bonds. The Labute approximate surface area is 167 Å². The highest BCUT2D eigenvalue weighted by molar-refractivity contribution is 6.02. The first-order valence-corrected chi connectivity index (χ1v) is 8.94. The van der Waals surface area contributed by atoms with Gasteiger partial charge in [0.15, 0.2) is 5.76 Å². The second-order valence-corrected chi connectivity index (χ2v) is 6.23. The van der Waals surface area contributed by atoms with Crippen molar-refractivity contribution in [3.05, 3.63) is 89.9 Å². The third kappa shape index (κ3) is 5.32. The van der Waals surface area contributed by atoms with Crippen LogP contribution in [0.1, 0.15) is 38.9 Å². The van der Waals surface area contributed by atoms with Crippen LogP contribution in [0, 0.1) is 0 Å². The fraction of sp³-hybridized carbons (Fsp3) is 0.136. The second kappa shape index (κ2) is 9.36. The number of methoxy groups -OCH3 is 1. The maximum atomic E-state index is 12.7. The van der Waals surface area contributed by atoms with Gasteiger partial charge in [-0.1, -0.05) is 30.3 Å². The summed E-state index contributed by atoms with van der Waals surface area (Å²) in [5, 5.41) is 5.54. The van der Waals surface area contributed by atoms with Crippen LogP contribution in [0.3, 0.4) is 0 Å². The number of hydrogen-bond donors (Lipinski definition) is 2. The van der Waals surface area contributed by atoms with Crippen molar-refractivity contribution in [3.63, 3.8) is 0 Å². The van der Waals surface area contributed by atoms with Crippen LogP contribution in [0.2, 0.25) is 0 Å². The fourth-order valence-corrected chi connectivity index (χ4v) is 2.73. The summed E-state index contributed by atoms with van der Waals surface area (Å²) in [6.07, 6.45) is 1.43. The van der Waals surface area contributed by atoms with Gasteiger partial charge >= 0.3 is 5.97 Å². The zero-order valence-corrected chi connectivity index (χ0v) is 15.8. The Kier molecular flexibility index (Phi) is 6.42. The van der Waals surface area contributed by atoms with Gasteiger partial charge in [0, 0.05) is 11.3 Å². The molecular weight excluding hydrogens is 372 g/mol. The molecule has 1 atom stereocenters. The Balaban J connectivity index is 1.68. The minimum Gasteiger partial charge on any atom is -0.469 e. The van der Waals surface area contributed by atoms with Crippen molar-refractivity contribution < 1.29 is 23.5 Å². The van der Waals surface area contributed by atoms with Crippen molar-refractivity contribution in [3.8, 4) is 0 Å². The van der Waals surface area contributed by atoms with E-state index in [9.17, 15) is 14.4 Å². The van der Waals surface area contributed by atoms with Crippen LogP contribution < -0.4 is 10.6 Å². The monoisotopic (exact) mass is 392 g/mol. The van der Waals surface area contributed by atoms with Crippen molar-refractivity contribution in [2.45, 2.75) is 12.5 Å². The Morgan fingerprint density at radius 3 is 2.28 bits per heavy atom. The second-order valence-electron chi connectivity index (χ2n) is 6.23. The third-order valence-electron chi connectivity index (χ3n) is 4.26. The third-order valence-corrected chi connectivity index (χ3v) is 4.26. The number of carbonyl (C=O) groups excluding carboxylic acids is 3. The number of furan rings is 1. The van der Waals surface area contributed by atoms with E-state index in [2.05, 4.69) is 10.6 Å². The number of rotatable bonds is 7. The lowest BCUT2D eigenvalue weighted by Crippen LogP contribution is -2.30. The van der Waals surface area contributed by atoms with E-state index in [1.165, 1.54) is 13.4 Å². The van der Waals surface area contributed by atoms with Crippen LogP contribution in [-0.2, 0) is 9.53 Å². The standard InChI is InChI=1S/C22H20N2O5/c1-28-20(25)14-18(15-6-3-2-4-7-15)24-21(26)16-9-11-17(12-10-16)23-22(27)19-8-5-13-29-19/h2-13,18H,14H2,1H3,(H,23,27)(H,24,26)/t18-/m0/s1. The highest BCUT2D eigenvalue weighted by Gasteiger charge is 2.19. The highest BCUT2D eigenvalue weighted by Crippen LogP contribution is 2.19. The van der Waals surface area contributed by atoms with E-state index >= 15 is 0 Å². The summed E-state index contributed by atoms with van der Waals surface area (Å²) >= 11 is 0. The molecule has 0 aliphatic heterocycles. The van der Waals surface area contributed by atoms with Crippen LogP contribution in [0.4, 0.5) is 5.69 Å². The number of esters is 1. The number of hydrogen-bond acceptors (Lipinski definition) is 5. The molecule has 148 valence electrons. The quantitative estimate of drug-likeness (QED) is 0.599. The van der Waals surface area contributed by atoms with Gasteiger partial charge in [-0.2, -0.15) is 0 Å². The fourth-order valence-electron chi connectivity index (χ4n) is 2.73. The minimum atomic E-state index is -0.519. The van der Waals surface area contributed by atoms with Gasteiger partial charge in [0.25, 0.3) is 11.8 Å². The lowest BCUT2D eigenvalue weighted by molar-refractivity contribution is -0.141. The molecular formula is C22H20N2O5. The van der Waals surface area contributed by atoms with E-state index in [4.69, 9.17) is 9.15 Å². The summed E-state index contributed by atoms with van der Waals surface area (Å²) in [5.74, 6) is -0.948. The molecule has 1 heterocycles. The van der Waals surface area contributed by atoms with Crippen LogP contribution in [0.5, 0.6) is 0 Å². The minimum absolute atomic E-state index is 0.0174. The van der Waals surface area contributed by atoms with Gasteiger partial charge in [0.05, 0.1) is 25.8 Å². The Morgan fingerprint density at radius 2 is 1.66 bits per heavy atom. The first-order valence-electron chi connectivity index (χ1n) is 8.94. The molecule has 29 heavy (non-hydrogen) atoms. The number of nitrogens with one attached hydrogen (secondary N) is 2. The van der Waals surface area contributed by atoms with Gasteiger partial charge in [0.1, 0.15) is 0 Å². The molecule has 0 bridgehead atoms. The van der Waals surface area contributed by atoms with E-state index in [-0.39, 0.29) is 24.0 Å². The van der Waals surface area contributed by atoms with Gasteiger partial charge in [-0.25, -0.2) is 0 Å². The summed E-state index contributed by atoms with van der Waals surface area (Å²) < 4.78 is 9.78. The van der Waals surface area contributed by atoms with Crippen LogP contribution in [0.15, 0.2) is 77.4 Å². The summed E-state index contributed by atoms with van der Waals surface area (Å²) in [5.41, 5.74) is 1.72. The van der Waals surface area contributed by atoms with Crippen LogP contribution >= 0.6 is 0 Å². The molecule has 7 heteroatoms. The first-order chi connectivity index (χ1) is 14.1. The molecule has 0 spiro atoms. The molecule has 7 nitrogen and oxygen atoms in total. The average Bonchev–Trinajstić information content (AvgIpc) is 3.29. The summed E-state index contributed by atoms with van der Waals surface area (Å²) in [4.78, 5) is 36.4. The van der Waals surface area contributed by atoms with Gasteiger partial charge in [-0.15, -0.1) is 0 Å². The van der Waals surface area contributed by atoms with E-state index < -0.39 is 12.0 Å². The molecule has 2 N–H and O–H groups in total. The number of benzene rings is 2. The summed E-state index contributed by atoms with van der Waals surface area (Å²) in [6.45, 7) is 0. The Morgan fingerprint density at radius 1 is 0.931 bits per heavy atom. The topological polar surface area (TPSA) is 97.6 Å². The van der Waals surface area contributed by atoms with Crippen molar-refractivity contribution >= 4 is 23.5 Å². The summed E-state index contributed by atoms with van der Waals surface area (Å²) in [6, 6.07) is 18.3. The molecule has 0 unspecified atom stereocenters. The zero-order chi connectivity index (χ0) is 20.6. The molecule has 2 aromatic carbocycles. The molecule has 0 aliphatic carbocycles. The first kappa shape index (κ1) is 19.9. The Bertz CT molecular complexity index is 966. The number of anilines is 1. The smallest absolute Gasteiger partial charge is 0.307 e. The SMILES string of the molecule is COC(=O)C[C@H](NC(=O)c1ccc(NC(=O)c2ccco2)cc1)c1ccccc1. The van der Waals surface area contributed by atoms with Crippen molar-refractivity contribution in [2.24, 2.45) is 0 Å². The van der Waals surface area contributed by atoms with Gasteiger partial charge in [-0.05, 0) is 42.0 Å². The van der Waals surface area contributed by atoms with Crippen LogP contribution in [-0.4, -0.2) is 24.9 Å². The molecule has 3 rings (SSSR count). The van der Waals surface area contributed by atoms with Gasteiger partial charge in [-0.3, -0.25) is 14.4 Å². The zero-order valence-electron chi connectivity index (χ0n) is 15.8.